The van der Waals surface area contributed by atoms with Crippen molar-refractivity contribution in [2.75, 3.05) is 39.3 Å². The number of aliphatic hydroxyl groups is 1. The summed E-state index contributed by atoms with van der Waals surface area (Å²) in [6, 6.07) is 3.83. The van der Waals surface area contributed by atoms with E-state index in [0.29, 0.717) is 18.3 Å². The largest absolute Gasteiger partial charge is 0.459 e. The second-order valence-corrected chi connectivity index (χ2v) is 7.59. The van der Waals surface area contributed by atoms with Crippen molar-refractivity contribution in [3.63, 3.8) is 0 Å². The smallest absolute Gasteiger partial charge is 0.289 e. The van der Waals surface area contributed by atoms with Crippen molar-refractivity contribution >= 4 is 5.91 Å². The molecule has 0 bridgehead atoms. The zero-order valence-corrected chi connectivity index (χ0v) is 15.2. The molecule has 1 aromatic rings. The normalized spacial score (nSPS) is 22.2. The number of aliphatic hydroxyl groups excluding tert-OH is 1. The van der Waals surface area contributed by atoms with Crippen molar-refractivity contribution in [2.45, 2.75) is 44.8 Å². The zero-order chi connectivity index (χ0) is 17.6. The highest BCUT2D eigenvalue weighted by Crippen LogP contribution is 2.17. The van der Waals surface area contributed by atoms with Crippen molar-refractivity contribution < 1.29 is 14.3 Å². The van der Waals surface area contributed by atoms with E-state index in [9.17, 15) is 9.90 Å². The van der Waals surface area contributed by atoms with Gasteiger partial charge in [0.25, 0.3) is 5.91 Å². The Hall–Kier alpha value is -1.37. The highest BCUT2D eigenvalue weighted by Gasteiger charge is 2.25. The lowest BCUT2D eigenvalue weighted by molar-refractivity contribution is 0.0650. The minimum absolute atomic E-state index is 0.0252. The zero-order valence-electron chi connectivity index (χ0n) is 15.2. The number of amides is 1. The molecule has 0 aromatic carbocycles. The monoisotopic (exact) mass is 349 g/mol. The van der Waals surface area contributed by atoms with E-state index in [4.69, 9.17) is 4.42 Å². The van der Waals surface area contributed by atoms with Crippen LogP contribution in [-0.2, 0) is 0 Å². The summed E-state index contributed by atoms with van der Waals surface area (Å²) >= 11 is 0. The number of piperidine rings is 2. The van der Waals surface area contributed by atoms with Crippen molar-refractivity contribution in [3.05, 3.63) is 24.2 Å². The molecule has 2 fully saturated rings. The topological polar surface area (TPSA) is 69.0 Å². The van der Waals surface area contributed by atoms with Gasteiger partial charge in [0, 0.05) is 32.2 Å². The highest BCUT2D eigenvalue weighted by atomic mass is 16.3. The molecule has 3 heterocycles. The Morgan fingerprint density at radius 1 is 1.28 bits per heavy atom. The fourth-order valence-corrected chi connectivity index (χ4v) is 3.75. The van der Waals surface area contributed by atoms with Gasteiger partial charge in [-0.15, -0.1) is 0 Å². The molecule has 6 heteroatoms. The molecule has 0 radical (unpaired) electrons. The summed E-state index contributed by atoms with van der Waals surface area (Å²) in [7, 11) is 0. The first-order valence-corrected chi connectivity index (χ1v) is 9.58. The number of carbonyl (C=O) groups excluding carboxylic acids is 1. The number of carbonyl (C=O) groups is 1. The van der Waals surface area contributed by atoms with Crippen molar-refractivity contribution in [3.8, 4) is 0 Å². The van der Waals surface area contributed by atoms with Crippen LogP contribution in [0, 0.1) is 5.92 Å². The van der Waals surface area contributed by atoms with E-state index in [1.54, 1.807) is 12.1 Å². The maximum absolute atomic E-state index is 12.2. The van der Waals surface area contributed by atoms with Gasteiger partial charge in [-0.3, -0.25) is 4.79 Å². The van der Waals surface area contributed by atoms with Crippen LogP contribution in [0.2, 0.25) is 0 Å². The molecular formula is C19H31N3O3. The summed E-state index contributed by atoms with van der Waals surface area (Å²) < 4.78 is 5.19. The van der Waals surface area contributed by atoms with E-state index in [1.165, 1.54) is 19.1 Å². The van der Waals surface area contributed by atoms with Gasteiger partial charge in [0.15, 0.2) is 5.76 Å². The molecule has 1 atom stereocenters. The molecule has 1 unspecified atom stereocenters. The lowest BCUT2D eigenvalue weighted by atomic mass is 9.99. The Bertz CT molecular complexity index is 518. The van der Waals surface area contributed by atoms with E-state index in [1.807, 2.05) is 4.90 Å². The average molecular weight is 349 g/mol. The van der Waals surface area contributed by atoms with Crippen LogP contribution < -0.4 is 5.32 Å². The average Bonchev–Trinajstić information content (AvgIpc) is 3.16. The van der Waals surface area contributed by atoms with Crippen LogP contribution >= 0.6 is 0 Å². The van der Waals surface area contributed by atoms with Gasteiger partial charge in [0.05, 0.1) is 12.4 Å². The van der Waals surface area contributed by atoms with Crippen LogP contribution in [0.15, 0.2) is 22.8 Å². The second-order valence-electron chi connectivity index (χ2n) is 7.59. The van der Waals surface area contributed by atoms with Crippen molar-refractivity contribution in [1.82, 2.24) is 15.1 Å². The van der Waals surface area contributed by atoms with Gasteiger partial charge in [-0.25, -0.2) is 0 Å². The number of hydrogen-bond donors (Lipinski definition) is 2. The molecule has 2 aliphatic heterocycles. The van der Waals surface area contributed by atoms with Crippen LogP contribution in [0.5, 0.6) is 0 Å². The fourth-order valence-electron chi connectivity index (χ4n) is 3.75. The highest BCUT2D eigenvalue weighted by molar-refractivity contribution is 5.91. The van der Waals surface area contributed by atoms with Gasteiger partial charge in [-0.05, 0) is 56.8 Å². The number of nitrogens with zero attached hydrogens (tertiary/aromatic N) is 2. The summed E-state index contributed by atoms with van der Waals surface area (Å²) in [6.45, 7) is 7.36. The first kappa shape index (κ1) is 18.4. The SMILES string of the molecule is CC1CCN(CC(O)CNC2CCN(C(=O)c3ccco3)CC2)CC1. The van der Waals surface area contributed by atoms with Crippen LogP contribution in [0.4, 0.5) is 0 Å². The van der Waals surface area contributed by atoms with E-state index >= 15 is 0 Å². The molecule has 0 aliphatic carbocycles. The molecule has 6 nitrogen and oxygen atoms in total. The first-order chi connectivity index (χ1) is 12.1. The summed E-state index contributed by atoms with van der Waals surface area (Å²) in [5, 5.41) is 13.8. The van der Waals surface area contributed by atoms with Crippen LogP contribution in [-0.4, -0.2) is 72.2 Å². The number of furan rings is 1. The summed E-state index contributed by atoms with van der Waals surface area (Å²) in [5.41, 5.74) is 0. The number of hydrogen-bond acceptors (Lipinski definition) is 5. The molecule has 2 aliphatic rings. The Balaban J connectivity index is 1.33. The van der Waals surface area contributed by atoms with E-state index in [0.717, 1.165) is 51.5 Å². The second kappa shape index (κ2) is 8.83. The van der Waals surface area contributed by atoms with E-state index in [2.05, 4.69) is 17.1 Å². The predicted octanol–water partition coefficient (Wildman–Crippen LogP) is 1.57. The number of likely N-dealkylation sites (tertiary alicyclic amines) is 2. The first-order valence-electron chi connectivity index (χ1n) is 9.58. The molecule has 2 saturated heterocycles. The van der Waals surface area contributed by atoms with Crippen LogP contribution in [0.3, 0.4) is 0 Å². The maximum atomic E-state index is 12.2. The van der Waals surface area contributed by atoms with Gasteiger partial charge in [-0.2, -0.15) is 0 Å². The van der Waals surface area contributed by atoms with Gasteiger partial charge in [-0.1, -0.05) is 6.92 Å². The van der Waals surface area contributed by atoms with Gasteiger partial charge >= 0.3 is 0 Å². The summed E-state index contributed by atoms with van der Waals surface area (Å²) in [4.78, 5) is 16.5. The molecule has 0 saturated carbocycles. The minimum atomic E-state index is -0.323. The third kappa shape index (κ3) is 5.30. The number of rotatable bonds is 6. The standard InChI is InChI=1S/C19H31N3O3/c1-15-4-8-21(9-5-15)14-17(23)13-20-16-6-10-22(11-7-16)19(24)18-3-2-12-25-18/h2-3,12,15-17,20,23H,4-11,13-14H2,1H3. The number of nitrogens with one attached hydrogen (secondary N) is 1. The molecule has 25 heavy (non-hydrogen) atoms. The van der Waals surface area contributed by atoms with Crippen molar-refractivity contribution in [1.29, 1.82) is 0 Å². The third-order valence-electron chi connectivity index (χ3n) is 5.50. The third-order valence-corrected chi connectivity index (χ3v) is 5.50. The Morgan fingerprint density at radius 3 is 2.64 bits per heavy atom. The minimum Gasteiger partial charge on any atom is -0.459 e. The fraction of sp³-hybridized carbons (Fsp3) is 0.737. The van der Waals surface area contributed by atoms with E-state index < -0.39 is 0 Å². The molecule has 0 spiro atoms. The van der Waals surface area contributed by atoms with Crippen molar-refractivity contribution in [2.24, 2.45) is 5.92 Å². The maximum Gasteiger partial charge on any atom is 0.289 e. The Kier molecular flexibility index (Phi) is 6.51. The summed E-state index contributed by atoms with van der Waals surface area (Å²) in [5.74, 6) is 1.21. The molecule has 2 N–H and O–H groups in total. The van der Waals surface area contributed by atoms with Gasteiger partial charge in [0.2, 0.25) is 0 Å². The molecule has 140 valence electrons. The lowest BCUT2D eigenvalue weighted by Crippen LogP contribution is -2.48. The molecular weight excluding hydrogens is 318 g/mol. The van der Waals surface area contributed by atoms with Crippen LogP contribution in [0.25, 0.3) is 0 Å². The van der Waals surface area contributed by atoms with Crippen LogP contribution in [0.1, 0.15) is 43.2 Å². The molecule has 1 amide bonds. The lowest BCUT2D eigenvalue weighted by Gasteiger charge is -2.34. The summed E-state index contributed by atoms with van der Waals surface area (Å²) in [6.07, 6.45) is 5.52. The molecule has 3 rings (SSSR count). The van der Waals surface area contributed by atoms with E-state index in [-0.39, 0.29) is 12.0 Å². The Labute approximate surface area is 150 Å². The van der Waals surface area contributed by atoms with Gasteiger partial charge in [0.1, 0.15) is 0 Å². The van der Waals surface area contributed by atoms with Gasteiger partial charge < -0.3 is 24.6 Å². The number of β-amino-alcohol motifs (C(OH)–C–C–N with tert-alkyl or cyclic N) is 1. The Morgan fingerprint density at radius 2 is 2.00 bits per heavy atom. The quantitative estimate of drug-likeness (QED) is 0.816. The molecule has 1 aromatic heterocycles. The predicted molar refractivity (Wildman–Crippen MR) is 96.5 cm³/mol.